The van der Waals surface area contributed by atoms with Crippen LogP contribution in [-0.4, -0.2) is 27.3 Å². The van der Waals surface area contributed by atoms with Crippen LogP contribution < -0.4 is 10.0 Å². The van der Waals surface area contributed by atoms with E-state index in [9.17, 15) is 12.8 Å². The molecule has 1 aromatic rings. The summed E-state index contributed by atoms with van der Waals surface area (Å²) in [5.74, 6) is -0.521. The van der Waals surface area contributed by atoms with E-state index in [4.69, 9.17) is 11.6 Å². The summed E-state index contributed by atoms with van der Waals surface area (Å²) in [5.41, 5.74) is -0.0571. The predicted molar refractivity (Wildman–Crippen MR) is 74.4 cm³/mol. The van der Waals surface area contributed by atoms with Crippen molar-refractivity contribution in [3.05, 3.63) is 29.0 Å². The predicted octanol–water partition coefficient (Wildman–Crippen LogP) is 2.22. The largest absolute Gasteiger partial charge is 0.317 e. The van der Waals surface area contributed by atoms with Crippen molar-refractivity contribution >= 4 is 27.3 Å². The molecule has 1 aromatic carbocycles. The zero-order valence-electron chi connectivity index (χ0n) is 10.3. The van der Waals surface area contributed by atoms with Crippen LogP contribution in [0.5, 0.6) is 0 Å². The number of rotatable bonds is 4. The molecule has 0 unspecified atom stereocenters. The normalized spacial score (nSPS) is 17.4. The lowest BCUT2D eigenvalue weighted by Gasteiger charge is -2.22. The number of benzene rings is 1. The fourth-order valence-corrected chi connectivity index (χ4v) is 3.84. The average Bonchev–Trinajstić information content (AvgIpc) is 2.33. The minimum absolute atomic E-state index is 0.0246. The quantitative estimate of drug-likeness (QED) is 0.897. The van der Waals surface area contributed by atoms with E-state index in [0.29, 0.717) is 0 Å². The van der Waals surface area contributed by atoms with Crippen molar-refractivity contribution in [1.29, 1.82) is 0 Å². The van der Waals surface area contributed by atoms with E-state index in [1.165, 1.54) is 12.1 Å². The first-order chi connectivity index (χ1) is 8.96. The van der Waals surface area contributed by atoms with E-state index in [1.807, 2.05) is 0 Å². The number of nitrogens with one attached hydrogen (secondary N) is 2. The van der Waals surface area contributed by atoms with Gasteiger partial charge in [0.15, 0.2) is 0 Å². The summed E-state index contributed by atoms with van der Waals surface area (Å²) in [4.78, 5) is 0. The zero-order chi connectivity index (χ0) is 13.9. The maximum absolute atomic E-state index is 13.5. The Kier molecular flexibility index (Phi) is 4.65. The second-order valence-electron chi connectivity index (χ2n) is 4.70. The van der Waals surface area contributed by atoms with Gasteiger partial charge in [0.1, 0.15) is 5.82 Å². The summed E-state index contributed by atoms with van der Waals surface area (Å²) in [7, 11) is -3.53. The van der Waals surface area contributed by atoms with E-state index in [0.717, 1.165) is 32.0 Å². The topological polar surface area (TPSA) is 58.2 Å². The van der Waals surface area contributed by atoms with Gasteiger partial charge >= 0.3 is 0 Å². The maximum atomic E-state index is 13.5. The van der Waals surface area contributed by atoms with E-state index < -0.39 is 15.8 Å². The van der Waals surface area contributed by atoms with E-state index in [1.54, 1.807) is 0 Å². The first-order valence-corrected chi connectivity index (χ1v) is 8.15. The molecule has 106 valence electrons. The molecule has 0 amide bonds. The SMILES string of the molecule is O=S(=O)(CC1CCNCC1)Nc1ccc(Cl)cc1F. The molecular weight excluding hydrogens is 291 g/mol. The summed E-state index contributed by atoms with van der Waals surface area (Å²) >= 11 is 5.62. The number of piperidine rings is 1. The smallest absolute Gasteiger partial charge is 0.233 e. The summed E-state index contributed by atoms with van der Waals surface area (Å²) in [5, 5.41) is 3.41. The minimum atomic E-state index is -3.53. The molecule has 7 heteroatoms. The fourth-order valence-electron chi connectivity index (χ4n) is 2.14. The third kappa shape index (κ3) is 4.33. The molecule has 1 aliphatic heterocycles. The van der Waals surface area contributed by atoms with E-state index >= 15 is 0 Å². The Bertz CT molecular complexity index is 545. The van der Waals surface area contributed by atoms with Gasteiger partial charge in [0.2, 0.25) is 10.0 Å². The minimum Gasteiger partial charge on any atom is -0.317 e. The van der Waals surface area contributed by atoms with Gasteiger partial charge in [-0.15, -0.1) is 0 Å². The van der Waals surface area contributed by atoms with Crippen molar-refractivity contribution in [2.45, 2.75) is 12.8 Å². The number of anilines is 1. The molecule has 0 bridgehead atoms. The van der Waals surface area contributed by atoms with Gasteiger partial charge in [0, 0.05) is 5.02 Å². The van der Waals surface area contributed by atoms with Crippen molar-refractivity contribution in [2.75, 3.05) is 23.6 Å². The second kappa shape index (κ2) is 6.07. The molecule has 0 saturated carbocycles. The van der Waals surface area contributed by atoms with Gasteiger partial charge in [-0.25, -0.2) is 12.8 Å². The summed E-state index contributed by atoms with van der Waals surface area (Å²) in [6.45, 7) is 1.66. The lowest BCUT2D eigenvalue weighted by molar-refractivity contribution is 0.402. The molecule has 2 N–H and O–H groups in total. The summed E-state index contributed by atoms with van der Waals surface area (Å²) < 4.78 is 39.8. The first kappa shape index (κ1) is 14.6. The fraction of sp³-hybridized carbons (Fsp3) is 0.500. The Morgan fingerprint density at radius 1 is 1.37 bits per heavy atom. The number of halogens is 2. The molecule has 0 radical (unpaired) electrons. The molecule has 1 aliphatic rings. The average molecular weight is 307 g/mol. The highest BCUT2D eigenvalue weighted by Gasteiger charge is 2.22. The molecule has 0 spiro atoms. The van der Waals surface area contributed by atoms with Gasteiger partial charge in [0.05, 0.1) is 11.4 Å². The van der Waals surface area contributed by atoms with Gasteiger partial charge < -0.3 is 5.32 Å². The highest BCUT2D eigenvalue weighted by atomic mass is 35.5. The van der Waals surface area contributed by atoms with Crippen LogP contribution in [0.2, 0.25) is 5.02 Å². The molecule has 1 heterocycles. The van der Waals surface area contributed by atoms with Crippen molar-refractivity contribution in [3.63, 3.8) is 0 Å². The highest BCUT2D eigenvalue weighted by Crippen LogP contribution is 2.21. The van der Waals surface area contributed by atoms with Crippen LogP contribution in [0, 0.1) is 11.7 Å². The highest BCUT2D eigenvalue weighted by molar-refractivity contribution is 7.92. The summed E-state index contributed by atoms with van der Waals surface area (Å²) in [6.07, 6.45) is 1.65. The molecule has 0 aromatic heterocycles. The lowest BCUT2D eigenvalue weighted by atomic mass is 10.0. The van der Waals surface area contributed by atoms with Crippen LogP contribution in [0.4, 0.5) is 10.1 Å². The molecule has 0 atom stereocenters. The maximum Gasteiger partial charge on any atom is 0.233 e. The van der Waals surface area contributed by atoms with Crippen LogP contribution >= 0.6 is 11.6 Å². The third-order valence-electron chi connectivity index (χ3n) is 3.11. The Labute approximate surface area is 117 Å². The molecule has 1 fully saturated rings. The van der Waals surface area contributed by atoms with Gasteiger partial charge in [0.25, 0.3) is 0 Å². The van der Waals surface area contributed by atoms with Crippen LogP contribution in [0.3, 0.4) is 0 Å². The van der Waals surface area contributed by atoms with Gasteiger partial charge in [-0.3, -0.25) is 4.72 Å². The molecule has 19 heavy (non-hydrogen) atoms. The molecule has 2 rings (SSSR count). The Morgan fingerprint density at radius 3 is 2.68 bits per heavy atom. The van der Waals surface area contributed by atoms with E-state index in [2.05, 4.69) is 10.0 Å². The number of sulfonamides is 1. The molecule has 0 aliphatic carbocycles. The van der Waals surface area contributed by atoms with Crippen molar-refractivity contribution < 1.29 is 12.8 Å². The molecular formula is C12H16ClFN2O2S. The number of hydrogen-bond donors (Lipinski definition) is 2. The van der Waals surface area contributed by atoms with Crippen LogP contribution in [0.1, 0.15) is 12.8 Å². The van der Waals surface area contributed by atoms with Gasteiger partial charge in [-0.05, 0) is 50.0 Å². The van der Waals surface area contributed by atoms with Gasteiger partial charge in [-0.2, -0.15) is 0 Å². The second-order valence-corrected chi connectivity index (χ2v) is 6.90. The number of hydrogen-bond acceptors (Lipinski definition) is 3. The van der Waals surface area contributed by atoms with Gasteiger partial charge in [-0.1, -0.05) is 11.6 Å². The first-order valence-electron chi connectivity index (χ1n) is 6.12. The molecule has 1 saturated heterocycles. The monoisotopic (exact) mass is 306 g/mol. The van der Waals surface area contributed by atoms with Crippen molar-refractivity contribution in [1.82, 2.24) is 5.32 Å². The van der Waals surface area contributed by atoms with Crippen LogP contribution in [0.25, 0.3) is 0 Å². The Balaban J connectivity index is 2.03. The van der Waals surface area contributed by atoms with E-state index in [-0.39, 0.29) is 22.4 Å². The van der Waals surface area contributed by atoms with Crippen molar-refractivity contribution in [3.8, 4) is 0 Å². The Morgan fingerprint density at radius 2 is 2.05 bits per heavy atom. The standard InChI is InChI=1S/C12H16ClFN2O2S/c13-10-1-2-12(11(14)7-10)16-19(17,18)8-9-3-5-15-6-4-9/h1-2,7,9,15-16H,3-6,8H2. The zero-order valence-corrected chi connectivity index (χ0v) is 11.9. The Hall–Kier alpha value is -0.850. The molecule has 4 nitrogen and oxygen atoms in total. The van der Waals surface area contributed by atoms with Crippen molar-refractivity contribution in [2.24, 2.45) is 5.92 Å². The third-order valence-corrected chi connectivity index (χ3v) is 4.79. The lowest BCUT2D eigenvalue weighted by Crippen LogP contribution is -2.33. The van der Waals surface area contributed by atoms with Crippen LogP contribution in [0.15, 0.2) is 18.2 Å². The van der Waals surface area contributed by atoms with Crippen LogP contribution in [-0.2, 0) is 10.0 Å². The summed E-state index contributed by atoms with van der Waals surface area (Å²) in [6, 6.07) is 3.87.